The van der Waals surface area contributed by atoms with Gasteiger partial charge in [0.2, 0.25) is 0 Å². The van der Waals surface area contributed by atoms with E-state index >= 15 is 0 Å². The van der Waals surface area contributed by atoms with E-state index < -0.39 is 5.91 Å². The van der Waals surface area contributed by atoms with Crippen molar-refractivity contribution in [2.75, 3.05) is 5.43 Å². The molecule has 29 heavy (non-hydrogen) atoms. The van der Waals surface area contributed by atoms with Crippen LogP contribution < -0.4 is 11.0 Å². The van der Waals surface area contributed by atoms with Gasteiger partial charge in [-0.3, -0.25) is 19.7 Å². The number of hydrogen-bond acceptors (Lipinski definition) is 5. The average molecular weight is 434 g/mol. The van der Waals surface area contributed by atoms with Crippen molar-refractivity contribution in [1.29, 1.82) is 0 Å². The van der Waals surface area contributed by atoms with Crippen LogP contribution in [0.15, 0.2) is 11.0 Å². The molecule has 3 aromatic rings. The lowest BCUT2D eigenvalue weighted by atomic mass is 9.72. The normalized spacial score (nSPS) is 16.8. The molecule has 0 aliphatic heterocycles. The zero-order valence-corrected chi connectivity index (χ0v) is 18.7. The van der Waals surface area contributed by atoms with Crippen molar-refractivity contribution in [3.05, 3.63) is 43.5 Å². The summed E-state index contributed by atoms with van der Waals surface area (Å²) in [7, 11) is 1.68. The number of amides is 1. The van der Waals surface area contributed by atoms with E-state index in [1.54, 1.807) is 25.3 Å². The first-order chi connectivity index (χ1) is 13.6. The minimum absolute atomic E-state index is 0.0703. The Morgan fingerprint density at radius 3 is 2.72 bits per heavy atom. The molecule has 9 heteroatoms. The SMILES string of the molecule is Cc1nc2sc3c(c2c(=O)n1NC(=O)c1nn(C)cc1Cl)CC[C@@H](C(C)(C)C)C3. The Morgan fingerprint density at radius 1 is 1.38 bits per heavy atom. The van der Waals surface area contributed by atoms with Crippen LogP contribution in [0.1, 0.15) is 53.9 Å². The number of halogens is 1. The van der Waals surface area contributed by atoms with Crippen LogP contribution in [0.4, 0.5) is 0 Å². The number of carbonyl (C=O) groups is 1. The number of nitrogens with one attached hydrogen (secondary N) is 1. The number of hydrogen-bond donors (Lipinski definition) is 1. The van der Waals surface area contributed by atoms with Gasteiger partial charge in [0.25, 0.3) is 11.5 Å². The van der Waals surface area contributed by atoms with E-state index in [9.17, 15) is 9.59 Å². The molecule has 7 nitrogen and oxygen atoms in total. The summed E-state index contributed by atoms with van der Waals surface area (Å²) < 4.78 is 2.66. The number of aromatic nitrogens is 4. The van der Waals surface area contributed by atoms with Crippen molar-refractivity contribution in [2.24, 2.45) is 18.4 Å². The minimum Gasteiger partial charge on any atom is -0.273 e. The highest BCUT2D eigenvalue weighted by molar-refractivity contribution is 7.18. The van der Waals surface area contributed by atoms with Crippen molar-refractivity contribution in [1.82, 2.24) is 19.4 Å². The highest BCUT2D eigenvalue weighted by Crippen LogP contribution is 2.42. The van der Waals surface area contributed by atoms with Crippen molar-refractivity contribution in [2.45, 2.75) is 47.0 Å². The van der Waals surface area contributed by atoms with E-state index in [1.807, 2.05) is 0 Å². The Labute approximate surface area is 177 Å². The van der Waals surface area contributed by atoms with Gasteiger partial charge in [0.1, 0.15) is 10.7 Å². The van der Waals surface area contributed by atoms with Crippen LogP contribution in [-0.4, -0.2) is 25.3 Å². The molecule has 1 aliphatic carbocycles. The molecule has 0 bridgehead atoms. The van der Waals surface area contributed by atoms with Gasteiger partial charge in [0.05, 0.1) is 10.4 Å². The fourth-order valence-corrected chi connectivity index (χ4v) is 5.57. The molecule has 3 aromatic heterocycles. The van der Waals surface area contributed by atoms with Gasteiger partial charge in [-0.2, -0.15) is 5.10 Å². The maximum atomic E-state index is 13.3. The highest BCUT2D eigenvalue weighted by atomic mass is 35.5. The lowest BCUT2D eigenvalue weighted by molar-refractivity contribution is 0.100. The summed E-state index contributed by atoms with van der Waals surface area (Å²) in [5, 5.41) is 4.91. The average Bonchev–Trinajstić information content (AvgIpc) is 3.15. The number of aryl methyl sites for hydroxylation is 3. The molecule has 0 spiro atoms. The summed E-state index contributed by atoms with van der Waals surface area (Å²) in [6.07, 6.45) is 4.41. The van der Waals surface area contributed by atoms with Crippen LogP contribution in [0.3, 0.4) is 0 Å². The minimum atomic E-state index is -0.543. The highest BCUT2D eigenvalue weighted by Gasteiger charge is 2.32. The molecule has 0 saturated carbocycles. The lowest BCUT2D eigenvalue weighted by Gasteiger charge is -2.33. The number of thiophene rings is 1. The summed E-state index contributed by atoms with van der Waals surface area (Å²) in [5.74, 6) is 0.463. The topological polar surface area (TPSA) is 81.8 Å². The van der Waals surface area contributed by atoms with Crippen LogP contribution in [0, 0.1) is 18.3 Å². The van der Waals surface area contributed by atoms with Gasteiger partial charge in [-0.25, -0.2) is 9.66 Å². The first-order valence-corrected chi connectivity index (χ1v) is 10.8. The third kappa shape index (κ3) is 3.48. The van der Waals surface area contributed by atoms with Crippen molar-refractivity contribution < 1.29 is 4.79 Å². The zero-order valence-electron chi connectivity index (χ0n) is 17.2. The van der Waals surface area contributed by atoms with Gasteiger partial charge in [0.15, 0.2) is 5.69 Å². The monoisotopic (exact) mass is 433 g/mol. The molecule has 1 aliphatic rings. The van der Waals surface area contributed by atoms with E-state index in [4.69, 9.17) is 11.6 Å². The summed E-state index contributed by atoms with van der Waals surface area (Å²) in [6.45, 7) is 8.51. The molecular formula is C20H24ClN5O2S. The van der Waals surface area contributed by atoms with Crippen molar-refractivity contribution >= 4 is 39.1 Å². The standard InChI is InChI=1S/C20H24ClN5O2S/c1-10-22-18-15(12-7-6-11(20(2,3)4)8-14(12)29-18)19(28)26(10)24-17(27)16-13(21)9-25(5)23-16/h9,11H,6-8H2,1-5H3,(H,24,27)/t11-/m1/s1. The molecule has 1 amide bonds. The second-order valence-corrected chi connectivity index (χ2v) is 10.2. The molecule has 0 saturated heterocycles. The van der Waals surface area contributed by atoms with Gasteiger partial charge in [-0.1, -0.05) is 32.4 Å². The van der Waals surface area contributed by atoms with Crippen LogP contribution in [0.5, 0.6) is 0 Å². The first-order valence-electron chi connectivity index (χ1n) is 9.60. The predicted octanol–water partition coefficient (Wildman–Crippen LogP) is 3.69. The Morgan fingerprint density at radius 2 is 2.10 bits per heavy atom. The Hall–Kier alpha value is -2.19. The zero-order chi connectivity index (χ0) is 21.1. The van der Waals surface area contributed by atoms with Gasteiger partial charge >= 0.3 is 0 Å². The van der Waals surface area contributed by atoms with Crippen LogP contribution in [0.2, 0.25) is 5.02 Å². The van der Waals surface area contributed by atoms with Crippen LogP contribution >= 0.6 is 22.9 Å². The van der Waals surface area contributed by atoms with E-state index in [0.29, 0.717) is 17.1 Å². The van der Waals surface area contributed by atoms with Crippen molar-refractivity contribution in [3.63, 3.8) is 0 Å². The Balaban J connectivity index is 1.75. The van der Waals surface area contributed by atoms with Gasteiger partial charge in [0, 0.05) is 18.1 Å². The molecule has 4 rings (SSSR count). The van der Waals surface area contributed by atoms with E-state index in [-0.39, 0.29) is 21.7 Å². The molecular weight excluding hydrogens is 410 g/mol. The van der Waals surface area contributed by atoms with Gasteiger partial charge < -0.3 is 0 Å². The summed E-state index contributed by atoms with van der Waals surface area (Å²) in [5.41, 5.74) is 3.75. The smallest absolute Gasteiger partial charge is 0.273 e. The fraction of sp³-hybridized carbons (Fsp3) is 0.500. The number of rotatable bonds is 2. The van der Waals surface area contributed by atoms with E-state index in [2.05, 4.69) is 36.3 Å². The Kier molecular flexibility index (Phi) is 4.82. The van der Waals surface area contributed by atoms with E-state index in [1.165, 1.54) is 20.4 Å². The molecule has 1 atom stereocenters. The quantitative estimate of drug-likeness (QED) is 0.668. The third-order valence-corrected chi connectivity index (χ3v) is 7.11. The number of fused-ring (bicyclic) bond motifs is 3. The van der Waals surface area contributed by atoms with Crippen LogP contribution in [0.25, 0.3) is 10.2 Å². The van der Waals surface area contributed by atoms with Gasteiger partial charge in [-0.15, -0.1) is 11.3 Å². The maximum absolute atomic E-state index is 13.3. The second kappa shape index (κ2) is 6.95. The lowest BCUT2D eigenvalue weighted by Crippen LogP contribution is -2.36. The number of nitrogens with zero attached hydrogens (tertiary/aromatic N) is 4. The maximum Gasteiger partial charge on any atom is 0.292 e. The third-order valence-electron chi connectivity index (χ3n) is 5.69. The van der Waals surface area contributed by atoms with Crippen molar-refractivity contribution in [3.8, 4) is 0 Å². The molecule has 0 aromatic carbocycles. The number of carbonyl (C=O) groups excluding carboxylic acids is 1. The van der Waals surface area contributed by atoms with E-state index in [0.717, 1.165) is 29.7 Å². The molecule has 3 heterocycles. The van der Waals surface area contributed by atoms with Crippen LogP contribution in [-0.2, 0) is 19.9 Å². The molecule has 0 radical (unpaired) electrons. The summed E-state index contributed by atoms with van der Waals surface area (Å²) in [4.78, 5) is 32.5. The second-order valence-electron chi connectivity index (χ2n) is 8.73. The molecule has 154 valence electrons. The fourth-order valence-electron chi connectivity index (χ4n) is 3.97. The predicted molar refractivity (Wildman–Crippen MR) is 115 cm³/mol. The summed E-state index contributed by atoms with van der Waals surface area (Å²) in [6, 6.07) is 0. The Bertz CT molecular complexity index is 1180. The largest absolute Gasteiger partial charge is 0.292 e. The molecule has 1 N–H and O–H groups in total. The molecule has 0 fully saturated rings. The molecule has 0 unspecified atom stereocenters. The first kappa shape index (κ1) is 20.1. The van der Waals surface area contributed by atoms with Gasteiger partial charge in [-0.05, 0) is 43.1 Å². The summed E-state index contributed by atoms with van der Waals surface area (Å²) >= 11 is 7.67.